The van der Waals surface area contributed by atoms with E-state index in [0.717, 1.165) is 49.0 Å². The molecule has 468 valence electrons. The Kier molecular flexibility index (Phi) is 7.94. The lowest BCUT2D eigenvalue weighted by Crippen LogP contribution is -2.47. The van der Waals surface area contributed by atoms with Crippen LogP contribution in [0.15, 0.2) is 54.4 Å². The Morgan fingerprint density at radius 3 is 1.10 bits per heavy atom. The second kappa shape index (κ2) is 33.7. The topological polar surface area (TPSA) is 116 Å². The number of nitrogens with zero attached hydrogens (tertiary/aromatic N) is 9. The smallest absolute Gasteiger partial charge is 0.317 e. The molecule has 0 spiro atoms. The summed E-state index contributed by atoms with van der Waals surface area (Å²) >= 11 is 18.8. The van der Waals surface area contributed by atoms with Crippen molar-refractivity contribution < 1.29 is 113 Å². The number of carbonyl (C=O) groups is 3. The molecule has 3 aliphatic carbocycles. The Balaban J connectivity index is 0.000000316. The molecule has 3 N–H and O–H groups in total. The highest BCUT2D eigenvalue weighted by molar-refractivity contribution is 6.34. The lowest BCUT2D eigenvalue weighted by Gasteiger charge is -2.37. The molecule has 0 bridgehead atoms. The Morgan fingerprint density at radius 1 is 0.488 bits per heavy atom. The van der Waals surface area contributed by atoms with Crippen LogP contribution < -0.4 is 30.7 Å². The summed E-state index contributed by atoms with van der Waals surface area (Å²) in [6.45, 7) is -59.4. The molecule has 3 aromatic carbocycles. The first kappa shape index (κ1) is 19.8. The SMILES string of the molecule is [2H]c1c([2H])c(C)c(Cl)c(N2C([2H])([2H])C([2H])([2H])N(C([2H])([2H])CC3([2H])C([2H])([2H])C([2H])([2H])C([2H])(NC(=O)N(C)C([2H])([2H])[2H])C([2H])([2H])C3([2H])[2H])C([2H])([2H])C2([2H])[2H])c1[2H].[2H]c1c([2H])c(C)c(Cl)c(N2C([2H])([2H])C([2H])([2H])N(C([2H])([2H])CC3([2H])C([2H])([2H])C([2H])([2H])C([2H])(NC(=O)N(C)C)C([2H])([2H])C3([2H])[2H])C([2H])([2H])C2([2H])[2H])c1[2H].[2H]c1c([2H])c(C)c(Cl)c(N2C([2H])([2H])C([2H])([2H])N(CC([2H])([2H])C3([2H])C([2H])([2H])C([2H])([2H])C([2H])(NC(=O)N(C)C)C([2H])([2H])C3([2H])[2H])C([2H])([2H])C2([2H])[2H])c1[2H]. The van der Waals surface area contributed by atoms with E-state index >= 15 is 0 Å². The van der Waals surface area contributed by atoms with Gasteiger partial charge in [0.2, 0.25) is 0 Å². The number of urea groups is 3. The fraction of sp³-hybridized carbons (Fsp3) is 0.682. The van der Waals surface area contributed by atoms with Gasteiger partial charge in [-0.1, -0.05) is 71.1 Å². The maximum Gasteiger partial charge on any atom is 0.317 e. The van der Waals surface area contributed by atoms with Crippen LogP contribution in [0.25, 0.3) is 0 Å². The Morgan fingerprint density at radius 2 is 0.786 bits per heavy atom. The number of hydrogen-bond donors (Lipinski definition) is 3. The van der Waals surface area contributed by atoms with Crippen molar-refractivity contribution in [2.24, 2.45) is 17.7 Å². The van der Waals surface area contributed by atoms with E-state index < -0.39 is 355 Å². The Hall–Kier alpha value is -4.38. The molecule has 3 aromatic rings. The summed E-state index contributed by atoms with van der Waals surface area (Å²) in [6, 6.07) is -24.9. The van der Waals surface area contributed by atoms with E-state index in [9.17, 15) is 14.4 Å². The molecule has 0 atom stereocenters. The zero-order chi connectivity index (χ0) is 125. The van der Waals surface area contributed by atoms with Crippen LogP contribution in [0.1, 0.15) is 211 Å². The van der Waals surface area contributed by atoms with Crippen molar-refractivity contribution in [1.82, 2.24) is 45.3 Å². The van der Waals surface area contributed by atoms with Gasteiger partial charge in [-0.25, -0.2) is 14.4 Å². The molecule has 84 heavy (non-hydrogen) atoms. The number of carbonyl (C=O) groups excluding carboxylic acids is 3. The van der Waals surface area contributed by atoms with Gasteiger partial charge in [-0.2, -0.15) is 0 Å². The number of rotatable bonds is 15. The highest BCUT2D eigenvalue weighted by Gasteiger charge is 2.29. The predicted molar refractivity (Wildman–Crippen MR) is 352 cm³/mol. The standard InChI is InChI=1S/3C22H35ClN4O/c3*1-17-5-4-6-20(21(17)23)27-15-13-26(14-16-27)12-11-18-7-9-19(10-8-18)24-22(28)25(2)3/h3*4-6,18-19H,7-16H2,1-3H3,(H,24,28)/i2D3,4D,5D,6D,7D2,8D2,9D2,10D2,12D2,13D2,14D2,15D2,16D2,18D,19D;4D,5D,6D,7D2,8D2,9D2,10D2,12D2,13D2,14D2,15D2,16D2,18D,19D;4D,5D,6D,7D2,8D2,9D2,10D2,11D2,13D2,14D2,15D2,16D2,18D,19D. The molecule has 6 fully saturated rings. The van der Waals surface area contributed by atoms with Gasteiger partial charge in [0.1, 0.15) is 0 Å². The van der Waals surface area contributed by atoms with Crippen molar-refractivity contribution >= 4 is 70.0 Å². The van der Waals surface area contributed by atoms with Gasteiger partial charge >= 0.3 is 18.1 Å². The molecule has 0 radical (unpaired) electrons. The van der Waals surface area contributed by atoms with Crippen LogP contribution in [0.5, 0.6) is 0 Å². The lowest BCUT2D eigenvalue weighted by atomic mass is 9.84. The number of halogens is 3. The van der Waals surface area contributed by atoms with Crippen molar-refractivity contribution in [2.75, 3.05) is 154 Å². The summed E-state index contributed by atoms with van der Waals surface area (Å²) in [4.78, 5) is 36.2. The average Bonchev–Trinajstić information content (AvgIpc) is 0.651. The Labute approximate surface area is 622 Å². The lowest BCUT2D eigenvalue weighted by molar-refractivity contribution is 0.194. The van der Waals surface area contributed by atoms with Crippen LogP contribution in [-0.2, 0) is 0 Å². The molecule has 3 heterocycles. The number of benzene rings is 3. The molecule has 0 unspecified atom stereocenters. The zero-order valence-electron chi connectivity index (χ0n) is 118. The largest absolute Gasteiger partial charge is 0.368 e. The van der Waals surface area contributed by atoms with E-state index in [1.165, 1.54) is 5.32 Å². The molecule has 6 aliphatic rings. The van der Waals surface area contributed by atoms with Crippen molar-refractivity contribution in [3.8, 4) is 0 Å². The number of amides is 6. The van der Waals surface area contributed by atoms with Crippen molar-refractivity contribution in [3.63, 3.8) is 0 Å². The van der Waals surface area contributed by atoms with Crippen molar-refractivity contribution in [3.05, 3.63) is 86.1 Å². The van der Waals surface area contributed by atoms with Gasteiger partial charge in [0.05, 0.1) is 65.0 Å². The second-order valence-corrected chi connectivity index (χ2v) is 18.2. The third kappa shape index (κ3) is 20.6. The maximum absolute atomic E-state index is 12.8. The molecule has 15 nitrogen and oxygen atoms in total. The molecule has 9 rings (SSSR count). The number of anilines is 3. The van der Waals surface area contributed by atoms with Crippen LogP contribution in [0.4, 0.5) is 31.4 Å². The summed E-state index contributed by atoms with van der Waals surface area (Å²) in [5.41, 5.74) is -4.24. The monoisotopic (exact) mass is 1290 g/mol. The average molecular weight is 1290 g/mol. The fourth-order valence-electron chi connectivity index (χ4n) is 5.78. The first-order valence-corrected chi connectivity index (χ1v) is 25.1. The highest BCUT2D eigenvalue weighted by Crippen LogP contribution is 2.34. The predicted octanol–water partition coefficient (Wildman–Crippen LogP) is 12.0. The molecule has 3 aliphatic heterocycles. The van der Waals surface area contributed by atoms with Gasteiger partial charge in [-0.15, -0.1) is 0 Å². The quantitative estimate of drug-likeness (QED) is 0.137. The zero-order valence-corrected chi connectivity index (χ0v) is 47.8. The summed E-state index contributed by atoms with van der Waals surface area (Å²) in [5, 5.41) is 2.25. The van der Waals surface area contributed by atoms with Gasteiger partial charge < -0.3 is 45.3 Å². The van der Waals surface area contributed by atoms with Crippen LogP contribution >= 0.6 is 34.8 Å². The number of nitrogens with one attached hydrogen (secondary N) is 3. The molecule has 3 saturated carbocycles. The van der Waals surface area contributed by atoms with Gasteiger partial charge in [0.25, 0.3) is 0 Å². The van der Waals surface area contributed by atoms with Crippen LogP contribution in [-0.4, -0.2) is 205 Å². The molecule has 0 aromatic heterocycles. The molecule has 3 saturated heterocycles. The summed E-state index contributed by atoms with van der Waals surface area (Å²) in [7, 11) is 4.89. The van der Waals surface area contributed by atoms with E-state index in [1.807, 2.05) is 0 Å². The van der Waals surface area contributed by atoms with Crippen LogP contribution in [0.3, 0.4) is 0 Å². The van der Waals surface area contributed by atoms with Crippen LogP contribution in [0.2, 0.25) is 15.1 Å². The summed E-state index contributed by atoms with van der Waals surface area (Å²) in [5.74, 6) is -12.9. The molecule has 18 heteroatoms. The third-order valence-corrected chi connectivity index (χ3v) is 11.7. The minimum absolute atomic E-state index is 0.127. The summed E-state index contributed by atoms with van der Waals surface area (Å²) < 4.78 is 616. The minimum Gasteiger partial charge on any atom is -0.368 e. The first-order chi connectivity index (χ1) is 67.8. The minimum atomic E-state index is -4.46. The maximum atomic E-state index is 12.8. The van der Waals surface area contributed by atoms with E-state index in [-0.39, 0.29) is 36.3 Å². The van der Waals surface area contributed by atoms with Gasteiger partial charge in [0.15, 0.2) is 0 Å². The number of piperazine rings is 3. The molecule has 6 amide bonds. The molecular formula is C66H105Cl3N12O3. The number of hydrogen-bond acceptors (Lipinski definition) is 9. The van der Waals surface area contributed by atoms with Gasteiger partial charge in [0, 0.05) is 204 Å². The van der Waals surface area contributed by atoms with Crippen molar-refractivity contribution in [1.29, 1.82) is 0 Å². The molecular weight excluding hydrogens is 1120 g/mol. The normalized spacial score (nSPS) is 56.4. The van der Waals surface area contributed by atoms with E-state index in [1.54, 1.807) is 10.6 Å². The second-order valence-electron chi connectivity index (χ2n) is 17.0. The van der Waals surface area contributed by atoms with Gasteiger partial charge in [-0.3, -0.25) is 14.7 Å². The van der Waals surface area contributed by atoms with E-state index in [4.69, 9.17) is 133 Å². The summed E-state index contributed by atoms with van der Waals surface area (Å²) in [6.07, 6.45) is -60.2. The Bertz CT molecular complexity index is 5810. The van der Waals surface area contributed by atoms with E-state index in [2.05, 4.69) is 0 Å². The first-order valence-electron chi connectivity index (χ1n) is 59.9. The van der Waals surface area contributed by atoms with E-state index in [0.29, 0.717) is 16.8 Å². The highest BCUT2D eigenvalue weighted by atomic mass is 35.5. The van der Waals surface area contributed by atoms with Crippen molar-refractivity contribution in [2.45, 2.75) is 135 Å². The van der Waals surface area contributed by atoms with Gasteiger partial charge in [-0.05, 0) is 188 Å². The fourth-order valence-corrected chi connectivity index (χ4v) is 6.32. The third-order valence-electron chi connectivity index (χ3n) is 10.3. The van der Waals surface area contributed by atoms with Crippen LogP contribution in [0, 0.1) is 38.5 Å².